The normalized spacial score (nSPS) is 20.1. The van der Waals surface area contributed by atoms with Crippen LogP contribution < -0.4 is 26.4 Å². The van der Waals surface area contributed by atoms with E-state index in [2.05, 4.69) is 212 Å². The van der Waals surface area contributed by atoms with Crippen molar-refractivity contribution >= 4 is 63.5 Å². The molecule has 0 bridgehead atoms. The molecule has 0 saturated heterocycles. The Morgan fingerprint density at radius 1 is 0.538 bits per heavy atom. The van der Waals surface area contributed by atoms with Crippen molar-refractivity contribution in [3.8, 4) is 22.3 Å². The molecule has 0 amide bonds. The molecule has 7 aromatic rings. The number of anilines is 6. The van der Waals surface area contributed by atoms with Gasteiger partial charge in [0.25, 0.3) is 6.71 Å². The van der Waals surface area contributed by atoms with E-state index >= 15 is 0 Å². The van der Waals surface area contributed by atoms with E-state index in [0.717, 1.165) is 23.5 Å². The second kappa shape index (κ2) is 14.0. The summed E-state index contributed by atoms with van der Waals surface area (Å²) in [6.07, 6.45) is 8.31. The number of hydrogen-bond donors (Lipinski definition) is 0. The number of aryl methyl sites for hydroxylation is 1. The fourth-order valence-corrected chi connectivity index (χ4v) is 12.7. The third-order valence-electron chi connectivity index (χ3n) is 16.7. The summed E-state index contributed by atoms with van der Waals surface area (Å²) in [6, 6.07) is 50.4. The van der Waals surface area contributed by atoms with Crippen LogP contribution in [0.5, 0.6) is 0 Å². The topological polar surface area (TPSA) is 19.6 Å². The van der Waals surface area contributed by atoms with Crippen molar-refractivity contribution in [2.75, 3.05) is 9.80 Å². The van der Waals surface area contributed by atoms with Gasteiger partial charge in [0, 0.05) is 40.4 Å². The molecule has 0 radical (unpaired) electrons. The summed E-state index contributed by atoms with van der Waals surface area (Å²) in [7, 11) is 0. The van der Waals surface area contributed by atoms with Crippen LogP contribution in [-0.2, 0) is 17.3 Å². The molecule has 1 saturated carbocycles. The van der Waals surface area contributed by atoms with E-state index in [1.165, 1.54) is 110 Å². The maximum absolute atomic E-state index is 7.64. The summed E-state index contributed by atoms with van der Waals surface area (Å²) in [4.78, 5) is 5.20. The molecule has 3 heterocycles. The predicted octanol–water partition coefficient (Wildman–Crippen LogP) is 14.8. The van der Waals surface area contributed by atoms with Gasteiger partial charge in [-0.25, -0.2) is 0 Å². The predicted molar refractivity (Wildman–Crippen MR) is 276 cm³/mol. The molecular weight excluding hydrogens is 787 g/mol. The fourth-order valence-electron chi connectivity index (χ4n) is 12.7. The molecule has 4 heteroatoms. The first-order valence-electron chi connectivity index (χ1n) is 24.2. The lowest BCUT2D eigenvalue weighted by Gasteiger charge is -2.49. The van der Waals surface area contributed by atoms with Crippen molar-refractivity contribution in [1.82, 2.24) is 0 Å². The van der Waals surface area contributed by atoms with E-state index in [9.17, 15) is 0 Å². The number of rotatable bonds is 4. The average Bonchev–Trinajstić information content (AvgIpc) is 3.67. The SMILES string of the molecule is Cc1cc2c3c(c1)N(c1ccc4c(c1)C(C)(C)CCC4(C)C)c1c(oc4c1C=C1C(C4)C(C)(C)CCC1(C)C)B3c1ccc(-c3ccccc3)cc1N2c1cccc(-c2ccccc2)c1. The van der Waals surface area contributed by atoms with Crippen molar-refractivity contribution in [2.24, 2.45) is 16.7 Å². The van der Waals surface area contributed by atoms with Crippen LogP contribution in [0, 0.1) is 23.7 Å². The lowest BCUT2D eigenvalue weighted by atomic mass is 9.35. The Morgan fingerprint density at radius 3 is 1.86 bits per heavy atom. The smallest absolute Gasteiger partial charge is 0.297 e. The Labute approximate surface area is 387 Å². The van der Waals surface area contributed by atoms with Crippen molar-refractivity contribution in [2.45, 2.75) is 105 Å². The standard InChI is InChI=1S/C61H61BN2O/c1-38-31-52-55-53(32-38)64(44-24-25-46-47(35-44)59(4,5)28-27-58(46,2)3)56-45-36-48-49(61(8,9)30-29-60(48,6)7)37-54(45)65-57(56)62(55)50-26-23-42(40-19-14-11-15-20-40)34-51(50)63(52)43-22-16-21-41(33-43)39-17-12-10-13-18-39/h10-26,31-36,49H,27-30,37H2,1-9H3. The second-order valence-electron chi connectivity index (χ2n) is 22.8. The molecule has 1 aromatic heterocycles. The largest absolute Gasteiger partial charge is 0.472 e. The lowest BCUT2D eigenvalue weighted by Crippen LogP contribution is -2.61. The molecule has 1 atom stereocenters. The number of furan rings is 1. The van der Waals surface area contributed by atoms with E-state index < -0.39 is 0 Å². The van der Waals surface area contributed by atoms with Gasteiger partial charge in [-0.1, -0.05) is 152 Å². The summed E-state index contributed by atoms with van der Waals surface area (Å²) in [6.45, 7) is 21.9. The molecule has 3 aliphatic carbocycles. The van der Waals surface area contributed by atoms with Gasteiger partial charge in [-0.3, -0.25) is 0 Å². The third-order valence-corrected chi connectivity index (χ3v) is 16.7. The number of allylic oxidation sites excluding steroid dienone is 1. The molecule has 5 aliphatic rings. The second-order valence-corrected chi connectivity index (χ2v) is 22.8. The maximum atomic E-state index is 7.64. The lowest BCUT2D eigenvalue weighted by molar-refractivity contribution is 0.119. The van der Waals surface area contributed by atoms with Crippen molar-refractivity contribution in [3.63, 3.8) is 0 Å². The minimum Gasteiger partial charge on any atom is -0.472 e. The summed E-state index contributed by atoms with van der Waals surface area (Å²) >= 11 is 0. The Balaban J connectivity index is 1.16. The zero-order chi connectivity index (χ0) is 44.8. The van der Waals surface area contributed by atoms with Gasteiger partial charge in [0.1, 0.15) is 5.76 Å². The number of fused-ring (bicyclic) bond motifs is 8. The van der Waals surface area contributed by atoms with Crippen LogP contribution in [0.2, 0.25) is 0 Å². The molecule has 65 heavy (non-hydrogen) atoms. The van der Waals surface area contributed by atoms with Gasteiger partial charge in [-0.05, 0) is 159 Å². The van der Waals surface area contributed by atoms with Crippen LogP contribution in [0.15, 0.2) is 143 Å². The summed E-state index contributed by atoms with van der Waals surface area (Å²) in [5.74, 6) is 1.58. The molecule has 0 spiro atoms. The zero-order valence-electron chi connectivity index (χ0n) is 39.8. The minimum atomic E-state index is -0.0970. The van der Waals surface area contributed by atoms with Gasteiger partial charge in [0.05, 0.1) is 11.3 Å². The number of nitrogens with zero attached hydrogens (tertiary/aromatic N) is 2. The van der Waals surface area contributed by atoms with E-state index in [1.54, 1.807) is 5.57 Å². The molecule has 1 unspecified atom stereocenters. The highest BCUT2D eigenvalue weighted by molar-refractivity contribution is 6.99. The van der Waals surface area contributed by atoms with Gasteiger partial charge in [0.2, 0.25) is 0 Å². The first kappa shape index (κ1) is 40.5. The molecule has 6 aromatic carbocycles. The Morgan fingerprint density at radius 2 is 1.15 bits per heavy atom. The first-order valence-corrected chi connectivity index (χ1v) is 24.2. The summed E-state index contributed by atoms with van der Waals surface area (Å²) in [5.41, 5.74) is 23.3. The summed E-state index contributed by atoms with van der Waals surface area (Å²) in [5, 5.41) is 0. The Kier molecular flexibility index (Phi) is 8.73. The zero-order valence-corrected chi connectivity index (χ0v) is 39.8. The van der Waals surface area contributed by atoms with Crippen LogP contribution in [-0.4, -0.2) is 6.71 Å². The van der Waals surface area contributed by atoms with E-state index in [1.807, 2.05) is 0 Å². The maximum Gasteiger partial charge on any atom is 0.297 e. The van der Waals surface area contributed by atoms with Gasteiger partial charge >= 0.3 is 0 Å². The molecule has 1 fully saturated rings. The highest BCUT2D eigenvalue weighted by Crippen LogP contribution is 2.58. The average molecular weight is 849 g/mol. The highest BCUT2D eigenvalue weighted by atomic mass is 16.3. The van der Waals surface area contributed by atoms with Crippen LogP contribution in [0.3, 0.4) is 0 Å². The third kappa shape index (κ3) is 6.15. The monoisotopic (exact) mass is 848 g/mol. The number of hydrogen-bond acceptors (Lipinski definition) is 3. The molecule has 0 N–H and O–H groups in total. The van der Waals surface area contributed by atoms with Crippen molar-refractivity contribution in [1.29, 1.82) is 0 Å². The van der Waals surface area contributed by atoms with Gasteiger partial charge < -0.3 is 14.2 Å². The first-order chi connectivity index (χ1) is 31.1. The van der Waals surface area contributed by atoms with Gasteiger partial charge in [-0.2, -0.15) is 0 Å². The minimum absolute atomic E-state index is 0.0622. The van der Waals surface area contributed by atoms with Crippen molar-refractivity contribution in [3.05, 3.63) is 167 Å². The summed E-state index contributed by atoms with van der Waals surface area (Å²) < 4.78 is 7.64. The van der Waals surface area contributed by atoms with Crippen LogP contribution in [0.1, 0.15) is 109 Å². The van der Waals surface area contributed by atoms with Crippen LogP contribution in [0.25, 0.3) is 28.3 Å². The molecule has 2 aliphatic heterocycles. The van der Waals surface area contributed by atoms with Crippen molar-refractivity contribution < 1.29 is 4.42 Å². The quantitative estimate of drug-likeness (QED) is 0.165. The van der Waals surface area contributed by atoms with E-state index in [0.29, 0.717) is 5.92 Å². The van der Waals surface area contributed by atoms with Crippen LogP contribution >= 0.6 is 0 Å². The van der Waals surface area contributed by atoms with Gasteiger partial charge in [0.15, 0.2) is 0 Å². The molecule has 3 nitrogen and oxygen atoms in total. The molecular formula is C61H61BN2O. The molecule has 12 rings (SSSR count). The van der Waals surface area contributed by atoms with E-state index in [4.69, 9.17) is 4.42 Å². The van der Waals surface area contributed by atoms with Crippen LogP contribution in [0.4, 0.5) is 34.1 Å². The Hall–Kier alpha value is -6.00. The highest BCUT2D eigenvalue weighted by Gasteiger charge is 2.51. The number of benzene rings is 6. The Bertz CT molecular complexity index is 3110. The molecule has 324 valence electrons. The fraction of sp³-hybridized carbons (Fsp3) is 0.311. The van der Waals surface area contributed by atoms with E-state index in [-0.39, 0.29) is 28.4 Å². The van der Waals surface area contributed by atoms with Gasteiger partial charge in [-0.15, -0.1) is 0 Å².